The van der Waals surface area contributed by atoms with Crippen LogP contribution in [0.3, 0.4) is 0 Å². The maximum Gasteiger partial charge on any atom is 0.219 e. The first kappa shape index (κ1) is 13.6. The van der Waals surface area contributed by atoms with Crippen molar-refractivity contribution in [2.24, 2.45) is 0 Å². The van der Waals surface area contributed by atoms with Crippen LogP contribution in [0.5, 0.6) is 0 Å². The lowest BCUT2D eigenvalue weighted by Crippen LogP contribution is -2.33. The number of nitrogens with two attached hydrogens (primary N) is 1. The highest BCUT2D eigenvalue weighted by molar-refractivity contribution is 5.91. The minimum absolute atomic E-state index is 0.133. The van der Waals surface area contributed by atoms with Crippen molar-refractivity contribution in [2.75, 3.05) is 36.8 Å². The molecule has 2 aromatic rings. The summed E-state index contributed by atoms with van der Waals surface area (Å²) in [6.45, 7) is 4.81. The Kier molecular flexibility index (Phi) is 3.60. The summed E-state index contributed by atoms with van der Waals surface area (Å²) in [6.07, 6.45) is 2.52. The molecule has 1 aliphatic heterocycles. The van der Waals surface area contributed by atoms with E-state index in [-0.39, 0.29) is 5.91 Å². The third-order valence-electron chi connectivity index (χ3n) is 3.88. The van der Waals surface area contributed by atoms with Crippen LogP contribution in [0.1, 0.15) is 13.3 Å². The zero-order chi connectivity index (χ0) is 14.8. The van der Waals surface area contributed by atoms with Crippen molar-refractivity contribution >= 4 is 28.3 Å². The molecule has 1 fully saturated rings. The molecule has 110 valence electrons. The second-order valence-corrected chi connectivity index (χ2v) is 5.32. The molecule has 2 heterocycles. The van der Waals surface area contributed by atoms with Crippen molar-refractivity contribution in [1.82, 2.24) is 14.9 Å². The predicted molar refractivity (Wildman–Crippen MR) is 83.0 cm³/mol. The van der Waals surface area contributed by atoms with Gasteiger partial charge in [-0.25, -0.2) is 9.97 Å². The number of rotatable bonds is 1. The summed E-state index contributed by atoms with van der Waals surface area (Å²) >= 11 is 0. The van der Waals surface area contributed by atoms with E-state index in [0.717, 1.165) is 49.3 Å². The SMILES string of the molecule is CC(=O)N1CCCN(c2ncnc3ccc(N)cc23)CC1. The molecule has 0 atom stereocenters. The number of fused-ring (bicyclic) bond motifs is 1. The van der Waals surface area contributed by atoms with Crippen molar-refractivity contribution in [3.8, 4) is 0 Å². The number of hydrogen-bond acceptors (Lipinski definition) is 5. The van der Waals surface area contributed by atoms with E-state index in [1.807, 2.05) is 23.1 Å². The molecule has 0 radical (unpaired) electrons. The molecule has 0 bridgehead atoms. The summed E-state index contributed by atoms with van der Waals surface area (Å²) in [5.74, 6) is 1.03. The third kappa shape index (κ3) is 2.74. The van der Waals surface area contributed by atoms with Gasteiger partial charge in [-0.2, -0.15) is 0 Å². The number of aromatic nitrogens is 2. The Balaban J connectivity index is 1.93. The van der Waals surface area contributed by atoms with Crippen LogP contribution in [-0.4, -0.2) is 47.0 Å². The van der Waals surface area contributed by atoms with E-state index < -0.39 is 0 Å². The van der Waals surface area contributed by atoms with E-state index in [1.165, 1.54) is 0 Å². The third-order valence-corrected chi connectivity index (χ3v) is 3.88. The summed E-state index contributed by atoms with van der Waals surface area (Å²) < 4.78 is 0. The molecular formula is C15H19N5O. The van der Waals surface area contributed by atoms with Gasteiger partial charge in [-0.15, -0.1) is 0 Å². The van der Waals surface area contributed by atoms with E-state index in [9.17, 15) is 4.79 Å². The molecule has 1 saturated heterocycles. The molecule has 0 spiro atoms. The van der Waals surface area contributed by atoms with Crippen molar-refractivity contribution in [2.45, 2.75) is 13.3 Å². The van der Waals surface area contributed by atoms with Gasteiger partial charge in [0, 0.05) is 44.2 Å². The van der Waals surface area contributed by atoms with Crippen molar-refractivity contribution < 1.29 is 4.79 Å². The van der Waals surface area contributed by atoms with E-state index >= 15 is 0 Å². The molecule has 3 rings (SSSR count). The first-order chi connectivity index (χ1) is 10.1. The van der Waals surface area contributed by atoms with Crippen LogP contribution >= 0.6 is 0 Å². The van der Waals surface area contributed by atoms with Gasteiger partial charge in [0.25, 0.3) is 0 Å². The van der Waals surface area contributed by atoms with Crippen molar-refractivity contribution in [3.05, 3.63) is 24.5 Å². The lowest BCUT2D eigenvalue weighted by atomic mass is 10.2. The monoisotopic (exact) mass is 285 g/mol. The topological polar surface area (TPSA) is 75.4 Å². The normalized spacial score (nSPS) is 16.0. The highest BCUT2D eigenvalue weighted by Gasteiger charge is 2.19. The Hall–Kier alpha value is -2.37. The highest BCUT2D eigenvalue weighted by atomic mass is 16.2. The Morgan fingerprint density at radius 2 is 2.05 bits per heavy atom. The van der Waals surface area contributed by atoms with Gasteiger partial charge in [0.05, 0.1) is 5.52 Å². The number of anilines is 2. The molecule has 2 N–H and O–H groups in total. The Morgan fingerprint density at radius 3 is 2.86 bits per heavy atom. The number of benzene rings is 1. The van der Waals surface area contributed by atoms with Gasteiger partial charge in [0.1, 0.15) is 12.1 Å². The molecule has 1 aromatic heterocycles. The minimum atomic E-state index is 0.133. The maximum atomic E-state index is 11.5. The van der Waals surface area contributed by atoms with E-state index in [4.69, 9.17) is 5.73 Å². The van der Waals surface area contributed by atoms with Crippen LogP contribution in [0.15, 0.2) is 24.5 Å². The van der Waals surface area contributed by atoms with Gasteiger partial charge >= 0.3 is 0 Å². The molecule has 1 aliphatic rings. The number of hydrogen-bond donors (Lipinski definition) is 1. The van der Waals surface area contributed by atoms with E-state index in [0.29, 0.717) is 5.69 Å². The van der Waals surface area contributed by atoms with E-state index in [2.05, 4.69) is 14.9 Å². The lowest BCUT2D eigenvalue weighted by molar-refractivity contribution is -0.128. The summed E-state index contributed by atoms with van der Waals surface area (Å²) in [6, 6.07) is 5.67. The van der Waals surface area contributed by atoms with Crippen molar-refractivity contribution in [1.29, 1.82) is 0 Å². The van der Waals surface area contributed by atoms with Gasteiger partial charge in [-0.1, -0.05) is 0 Å². The molecule has 0 saturated carbocycles. The summed E-state index contributed by atoms with van der Waals surface area (Å²) in [5.41, 5.74) is 7.49. The fourth-order valence-electron chi connectivity index (χ4n) is 2.76. The number of carbonyl (C=O) groups excluding carboxylic acids is 1. The van der Waals surface area contributed by atoms with Crippen LogP contribution in [0.2, 0.25) is 0 Å². The Bertz CT molecular complexity index is 672. The number of carbonyl (C=O) groups is 1. The van der Waals surface area contributed by atoms with Gasteiger partial charge in [-0.3, -0.25) is 4.79 Å². The summed E-state index contributed by atoms with van der Waals surface area (Å²) in [4.78, 5) is 24.3. The Morgan fingerprint density at radius 1 is 1.19 bits per heavy atom. The first-order valence-electron chi connectivity index (χ1n) is 7.16. The lowest BCUT2D eigenvalue weighted by Gasteiger charge is -2.23. The van der Waals surface area contributed by atoms with Crippen LogP contribution in [0.4, 0.5) is 11.5 Å². The van der Waals surface area contributed by atoms with Crippen LogP contribution in [-0.2, 0) is 4.79 Å². The van der Waals surface area contributed by atoms with Gasteiger partial charge in [0.2, 0.25) is 5.91 Å². The molecule has 1 aromatic carbocycles. The minimum Gasteiger partial charge on any atom is -0.399 e. The van der Waals surface area contributed by atoms with Gasteiger partial charge in [-0.05, 0) is 24.6 Å². The molecule has 0 aliphatic carbocycles. The summed E-state index contributed by atoms with van der Waals surface area (Å²) in [5, 5.41) is 0.966. The highest BCUT2D eigenvalue weighted by Crippen LogP contribution is 2.25. The largest absolute Gasteiger partial charge is 0.399 e. The predicted octanol–water partition coefficient (Wildman–Crippen LogP) is 1.27. The zero-order valence-corrected chi connectivity index (χ0v) is 12.1. The smallest absolute Gasteiger partial charge is 0.219 e. The zero-order valence-electron chi connectivity index (χ0n) is 12.1. The second kappa shape index (κ2) is 5.55. The first-order valence-corrected chi connectivity index (χ1v) is 7.16. The molecule has 0 unspecified atom stereocenters. The quantitative estimate of drug-likeness (QED) is 0.799. The summed E-state index contributed by atoms with van der Waals surface area (Å²) in [7, 11) is 0. The van der Waals surface area contributed by atoms with Crippen molar-refractivity contribution in [3.63, 3.8) is 0 Å². The van der Waals surface area contributed by atoms with Crippen LogP contribution in [0.25, 0.3) is 10.9 Å². The molecule has 21 heavy (non-hydrogen) atoms. The van der Waals surface area contributed by atoms with Crippen LogP contribution < -0.4 is 10.6 Å². The Labute approximate surface area is 123 Å². The van der Waals surface area contributed by atoms with Crippen LogP contribution in [0, 0.1) is 0 Å². The fraction of sp³-hybridized carbons (Fsp3) is 0.400. The number of nitrogens with zero attached hydrogens (tertiary/aromatic N) is 4. The molecular weight excluding hydrogens is 266 g/mol. The number of nitrogen functional groups attached to an aromatic ring is 1. The van der Waals surface area contributed by atoms with Gasteiger partial charge < -0.3 is 15.5 Å². The second-order valence-electron chi connectivity index (χ2n) is 5.32. The molecule has 6 nitrogen and oxygen atoms in total. The van der Waals surface area contributed by atoms with Gasteiger partial charge in [0.15, 0.2) is 0 Å². The standard InChI is InChI=1S/C15H19N5O/c1-11(21)19-5-2-6-20(8-7-19)15-13-9-12(16)3-4-14(13)17-10-18-15/h3-4,9-10H,2,5-8,16H2,1H3. The fourth-order valence-corrected chi connectivity index (χ4v) is 2.76. The average molecular weight is 285 g/mol. The number of amides is 1. The average Bonchev–Trinajstić information content (AvgIpc) is 2.72. The molecule has 6 heteroatoms. The maximum absolute atomic E-state index is 11.5. The van der Waals surface area contributed by atoms with E-state index in [1.54, 1.807) is 13.3 Å². The molecule has 1 amide bonds.